The molecule has 0 saturated heterocycles. The molecular weight excluding hydrogens is 245 g/mol. The van der Waals surface area contributed by atoms with Gasteiger partial charge in [-0.2, -0.15) is 0 Å². The van der Waals surface area contributed by atoms with E-state index in [1.165, 1.54) is 0 Å². The number of hydrogen-bond donors (Lipinski definition) is 0. The number of aromatic nitrogens is 3. The molecule has 0 radical (unpaired) electrons. The predicted octanol–water partition coefficient (Wildman–Crippen LogP) is 3.53. The van der Waals surface area contributed by atoms with Crippen LogP contribution in [-0.2, 0) is 0 Å². The third-order valence-electron chi connectivity index (χ3n) is 2.34. The lowest BCUT2D eigenvalue weighted by molar-refractivity contribution is 0.792. The summed E-state index contributed by atoms with van der Waals surface area (Å²) in [5.41, 5.74) is 2.76. The SMILES string of the molecule is Cc1ccc(Cl)cc1-n1cc(C(C)Cl)nn1. The van der Waals surface area contributed by atoms with Gasteiger partial charge >= 0.3 is 0 Å². The van der Waals surface area contributed by atoms with Gasteiger partial charge < -0.3 is 0 Å². The fraction of sp³-hybridized carbons (Fsp3) is 0.273. The molecule has 2 aromatic rings. The predicted molar refractivity (Wildman–Crippen MR) is 65.4 cm³/mol. The van der Waals surface area contributed by atoms with Crippen molar-refractivity contribution in [3.8, 4) is 5.69 Å². The first-order chi connectivity index (χ1) is 7.58. The van der Waals surface area contributed by atoms with Gasteiger partial charge in [0.15, 0.2) is 0 Å². The van der Waals surface area contributed by atoms with Crippen molar-refractivity contribution < 1.29 is 0 Å². The Kier molecular flexibility index (Phi) is 3.17. The lowest BCUT2D eigenvalue weighted by Gasteiger charge is -2.04. The van der Waals surface area contributed by atoms with Gasteiger partial charge in [-0.15, -0.1) is 16.7 Å². The lowest BCUT2D eigenvalue weighted by Crippen LogP contribution is -1.97. The third kappa shape index (κ3) is 2.20. The fourth-order valence-electron chi connectivity index (χ4n) is 1.41. The average molecular weight is 256 g/mol. The molecule has 2 rings (SSSR count). The summed E-state index contributed by atoms with van der Waals surface area (Å²) in [7, 11) is 0. The summed E-state index contributed by atoms with van der Waals surface area (Å²) in [6.45, 7) is 3.86. The molecule has 1 atom stereocenters. The third-order valence-corrected chi connectivity index (χ3v) is 2.80. The zero-order valence-corrected chi connectivity index (χ0v) is 10.5. The first-order valence-electron chi connectivity index (χ1n) is 4.91. The van der Waals surface area contributed by atoms with Crippen LogP contribution in [0.15, 0.2) is 24.4 Å². The minimum atomic E-state index is -0.145. The van der Waals surface area contributed by atoms with Crippen LogP contribution in [0.25, 0.3) is 5.69 Å². The minimum absolute atomic E-state index is 0.145. The molecule has 0 aliphatic heterocycles. The largest absolute Gasteiger partial charge is 0.220 e. The maximum Gasteiger partial charge on any atom is 0.101 e. The van der Waals surface area contributed by atoms with Gasteiger partial charge in [0, 0.05) is 5.02 Å². The molecule has 1 heterocycles. The normalized spacial score (nSPS) is 12.8. The average Bonchev–Trinajstić information content (AvgIpc) is 2.70. The summed E-state index contributed by atoms with van der Waals surface area (Å²) < 4.78 is 1.69. The van der Waals surface area contributed by atoms with Gasteiger partial charge in [-0.3, -0.25) is 0 Å². The molecule has 0 amide bonds. The summed E-state index contributed by atoms with van der Waals surface area (Å²) in [6.07, 6.45) is 1.82. The number of halogens is 2. The summed E-state index contributed by atoms with van der Waals surface area (Å²) in [6, 6.07) is 5.65. The van der Waals surface area contributed by atoms with Crippen LogP contribution < -0.4 is 0 Å². The molecule has 0 aliphatic carbocycles. The number of hydrogen-bond acceptors (Lipinski definition) is 2. The molecule has 84 valence electrons. The molecule has 1 unspecified atom stereocenters. The van der Waals surface area contributed by atoms with Crippen LogP contribution in [-0.4, -0.2) is 15.0 Å². The molecule has 16 heavy (non-hydrogen) atoms. The molecule has 5 heteroatoms. The van der Waals surface area contributed by atoms with Crippen molar-refractivity contribution in [3.63, 3.8) is 0 Å². The van der Waals surface area contributed by atoms with E-state index in [-0.39, 0.29) is 5.38 Å². The summed E-state index contributed by atoms with van der Waals surface area (Å²) in [4.78, 5) is 0. The maximum atomic E-state index is 5.95. The van der Waals surface area contributed by atoms with E-state index >= 15 is 0 Å². The van der Waals surface area contributed by atoms with Crippen LogP contribution in [0.4, 0.5) is 0 Å². The first kappa shape index (κ1) is 11.4. The van der Waals surface area contributed by atoms with E-state index in [9.17, 15) is 0 Å². The highest BCUT2D eigenvalue weighted by atomic mass is 35.5. The molecule has 0 fully saturated rings. The zero-order chi connectivity index (χ0) is 11.7. The summed E-state index contributed by atoms with van der Waals surface area (Å²) in [5, 5.41) is 8.57. The molecule has 0 spiro atoms. The second kappa shape index (κ2) is 4.44. The first-order valence-corrected chi connectivity index (χ1v) is 5.72. The highest BCUT2D eigenvalue weighted by Crippen LogP contribution is 2.21. The van der Waals surface area contributed by atoms with E-state index in [1.807, 2.05) is 38.2 Å². The zero-order valence-electron chi connectivity index (χ0n) is 8.98. The number of benzene rings is 1. The van der Waals surface area contributed by atoms with Crippen molar-refractivity contribution in [2.24, 2.45) is 0 Å². The van der Waals surface area contributed by atoms with E-state index in [1.54, 1.807) is 4.68 Å². The smallest absolute Gasteiger partial charge is 0.101 e. The van der Waals surface area contributed by atoms with E-state index in [4.69, 9.17) is 23.2 Å². The standard InChI is InChI=1S/C11H11Cl2N3/c1-7-3-4-9(13)5-11(7)16-6-10(8(2)12)14-15-16/h3-6,8H,1-2H3. The minimum Gasteiger partial charge on any atom is -0.220 e. The monoisotopic (exact) mass is 255 g/mol. The van der Waals surface area contributed by atoms with Gasteiger partial charge in [-0.25, -0.2) is 4.68 Å². The quantitative estimate of drug-likeness (QED) is 0.769. The molecule has 0 N–H and O–H groups in total. The fourth-order valence-corrected chi connectivity index (χ4v) is 1.67. The maximum absolute atomic E-state index is 5.95. The molecule has 1 aromatic heterocycles. The van der Waals surface area contributed by atoms with E-state index in [0.29, 0.717) is 5.02 Å². The molecular formula is C11H11Cl2N3. The van der Waals surface area contributed by atoms with Crippen LogP contribution >= 0.6 is 23.2 Å². The summed E-state index contributed by atoms with van der Waals surface area (Å²) in [5.74, 6) is 0. The van der Waals surface area contributed by atoms with Crippen LogP contribution in [0.1, 0.15) is 23.6 Å². The molecule has 0 saturated carbocycles. The highest BCUT2D eigenvalue weighted by molar-refractivity contribution is 6.30. The van der Waals surface area contributed by atoms with Crippen molar-refractivity contribution in [2.45, 2.75) is 19.2 Å². The Labute approximate surface area is 104 Å². The van der Waals surface area contributed by atoms with Gasteiger partial charge in [0.1, 0.15) is 5.69 Å². The number of rotatable bonds is 2. The van der Waals surface area contributed by atoms with Crippen LogP contribution in [0, 0.1) is 6.92 Å². The summed E-state index contributed by atoms with van der Waals surface area (Å²) >= 11 is 11.9. The molecule has 3 nitrogen and oxygen atoms in total. The Morgan fingerprint density at radius 3 is 2.75 bits per heavy atom. The Balaban J connectivity index is 2.46. The Bertz CT molecular complexity index is 506. The highest BCUT2D eigenvalue weighted by Gasteiger charge is 2.09. The Morgan fingerprint density at radius 1 is 1.38 bits per heavy atom. The van der Waals surface area contributed by atoms with Crippen molar-refractivity contribution >= 4 is 23.2 Å². The van der Waals surface area contributed by atoms with E-state index in [2.05, 4.69) is 10.3 Å². The molecule has 0 bridgehead atoms. The van der Waals surface area contributed by atoms with Gasteiger partial charge in [0.05, 0.1) is 17.3 Å². The van der Waals surface area contributed by atoms with Gasteiger partial charge in [-0.05, 0) is 31.5 Å². The van der Waals surface area contributed by atoms with Gasteiger partial charge in [-0.1, -0.05) is 22.9 Å². The number of aryl methyl sites for hydroxylation is 1. The second-order valence-corrected chi connectivity index (χ2v) is 4.73. The van der Waals surface area contributed by atoms with Crippen molar-refractivity contribution in [1.29, 1.82) is 0 Å². The van der Waals surface area contributed by atoms with Gasteiger partial charge in [0.25, 0.3) is 0 Å². The van der Waals surface area contributed by atoms with Crippen molar-refractivity contribution in [3.05, 3.63) is 40.7 Å². The Hall–Kier alpha value is -1.06. The van der Waals surface area contributed by atoms with Crippen molar-refractivity contribution in [2.75, 3.05) is 0 Å². The van der Waals surface area contributed by atoms with E-state index in [0.717, 1.165) is 16.9 Å². The molecule has 0 aliphatic rings. The van der Waals surface area contributed by atoms with E-state index < -0.39 is 0 Å². The van der Waals surface area contributed by atoms with Crippen LogP contribution in [0.3, 0.4) is 0 Å². The Morgan fingerprint density at radius 2 is 2.12 bits per heavy atom. The molecule has 1 aromatic carbocycles. The van der Waals surface area contributed by atoms with Crippen LogP contribution in [0.2, 0.25) is 5.02 Å². The second-order valence-electron chi connectivity index (χ2n) is 3.63. The van der Waals surface area contributed by atoms with Gasteiger partial charge in [0.2, 0.25) is 0 Å². The van der Waals surface area contributed by atoms with Crippen LogP contribution in [0.5, 0.6) is 0 Å². The lowest BCUT2D eigenvalue weighted by atomic mass is 10.2. The topological polar surface area (TPSA) is 30.7 Å². The number of nitrogens with zero attached hydrogens (tertiary/aromatic N) is 3. The number of alkyl halides is 1. The van der Waals surface area contributed by atoms with Crippen molar-refractivity contribution in [1.82, 2.24) is 15.0 Å².